The first-order valence-electron chi connectivity index (χ1n) is 6.52. The van der Waals surface area contributed by atoms with Crippen LogP contribution in [0.25, 0.3) is 0 Å². The highest BCUT2D eigenvalue weighted by Gasteiger charge is 2.14. The number of alkyl halides is 1. The molecule has 1 unspecified atom stereocenters. The van der Waals surface area contributed by atoms with E-state index in [1.165, 1.54) is 21.7 Å². The smallest absolute Gasteiger partial charge is 0.0407 e. The first-order valence-corrected chi connectivity index (χ1v) is 8.52. The number of hydrogen-bond donors (Lipinski definition) is 0. The van der Waals surface area contributed by atoms with Gasteiger partial charge in [0.05, 0.1) is 0 Å². The SMILES string of the molecule is Cc1ccc(N(C)C(C)Cc2cccs2)c(CBr)c1. The predicted octanol–water partition coefficient (Wildman–Crippen LogP) is 5.02. The van der Waals surface area contributed by atoms with Crippen molar-refractivity contribution in [2.24, 2.45) is 0 Å². The molecule has 1 nitrogen and oxygen atoms in total. The fraction of sp³-hybridized carbons (Fsp3) is 0.375. The number of likely N-dealkylation sites (N-methyl/N-ethyl adjacent to an activating group) is 1. The minimum Gasteiger partial charge on any atom is -0.371 e. The molecular weight excluding hydrogens is 318 g/mol. The van der Waals surface area contributed by atoms with Gasteiger partial charge in [-0.05, 0) is 36.9 Å². The molecule has 0 radical (unpaired) electrons. The Labute approximate surface area is 128 Å². The highest BCUT2D eigenvalue weighted by molar-refractivity contribution is 9.08. The third-order valence-corrected chi connectivity index (χ3v) is 5.00. The Morgan fingerprint density at radius 2 is 2.11 bits per heavy atom. The molecule has 0 aliphatic carbocycles. The zero-order chi connectivity index (χ0) is 13.8. The van der Waals surface area contributed by atoms with Gasteiger partial charge in [0.2, 0.25) is 0 Å². The lowest BCUT2D eigenvalue weighted by Crippen LogP contribution is -2.31. The summed E-state index contributed by atoms with van der Waals surface area (Å²) in [7, 11) is 2.19. The van der Waals surface area contributed by atoms with Crippen LogP contribution in [0.2, 0.25) is 0 Å². The molecule has 1 heterocycles. The summed E-state index contributed by atoms with van der Waals surface area (Å²) in [6.07, 6.45) is 1.10. The number of aryl methyl sites for hydroxylation is 1. The Morgan fingerprint density at radius 1 is 1.32 bits per heavy atom. The van der Waals surface area contributed by atoms with Crippen molar-refractivity contribution in [3.63, 3.8) is 0 Å². The van der Waals surface area contributed by atoms with E-state index in [1.54, 1.807) is 0 Å². The van der Waals surface area contributed by atoms with Gasteiger partial charge in [-0.3, -0.25) is 0 Å². The highest BCUT2D eigenvalue weighted by atomic mass is 79.9. The lowest BCUT2D eigenvalue weighted by atomic mass is 10.1. The monoisotopic (exact) mass is 337 g/mol. The maximum absolute atomic E-state index is 3.60. The molecule has 0 saturated carbocycles. The quantitative estimate of drug-likeness (QED) is 0.692. The van der Waals surface area contributed by atoms with Gasteiger partial charge in [-0.15, -0.1) is 11.3 Å². The van der Waals surface area contributed by atoms with Crippen LogP contribution in [0.4, 0.5) is 5.69 Å². The van der Waals surface area contributed by atoms with Gasteiger partial charge in [0.1, 0.15) is 0 Å². The van der Waals surface area contributed by atoms with E-state index in [0.717, 1.165) is 11.8 Å². The predicted molar refractivity (Wildman–Crippen MR) is 89.7 cm³/mol. The van der Waals surface area contributed by atoms with E-state index < -0.39 is 0 Å². The summed E-state index contributed by atoms with van der Waals surface area (Å²) in [5, 5.41) is 3.05. The van der Waals surface area contributed by atoms with Crippen LogP contribution in [-0.4, -0.2) is 13.1 Å². The summed E-state index contributed by atoms with van der Waals surface area (Å²) in [5.41, 5.74) is 4.00. The van der Waals surface area contributed by atoms with Crippen LogP contribution in [0.15, 0.2) is 35.7 Å². The molecule has 0 fully saturated rings. The molecule has 0 saturated heterocycles. The van der Waals surface area contributed by atoms with Crippen molar-refractivity contribution in [2.75, 3.05) is 11.9 Å². The summed E-state index contributed by atoms with van der Waals surface area (Å²) in [6.45, 7) is 4.43. The second-order valence-corrected chi connectivity index (χ2v) is 6.60. The summed E-state index contributed by atoms with van der Waals surface area (Å²) >= 11 is 5.44. The Balaban J connectivity index is 2.16. The minimum absolute atomic E-state index is 0.499. The molecule has 0 amide bonds. The third kappa shape index (κ3) is 3.61. The molecule has 3 heteroatoms. The maximum Gasteiger partial charge on any atom is 0.0407 e. The third-order valence-electron chi connectivity index (χ3n) is 3.50. The average molecular weight is 338 g/mol. The van der Waals surface area contributed by atoms with Crippen LogP contribution < -0.4 is 4.90 Å². The molecule has 2 rings (SSSR count). The highest BCUT2D eigenvalue weighted by Crippen LogP contribution is 2.26. The number of hydrogen-bond acceptors (Lipinski definition) is 2. The fourth-order valence-electron chi connectivity index (χ4n) is 2.26. The van der Waals surface area contributed by atoms with Crippen molar-refractivity contribution in [1.29, 1.82) is 0 Å². The summed E-state index contributed by atoms with van der Waals surface area (Å²) < 4.78 is 0. The Bertz CT molecular complexity index is 522. The molecule has 2 aromatic rings. The Morgan fingerprint density at radius 3 is 2.74 bits per heavy atom. The molecular formula is C16H20BrNS. The first kappa shape index (κ1) is 14.6. The maximum atomic E-state index is 3.60. The standard InChI is InChI=1S/C16H20BrNS/c1-12-6-7-16(14(9-12)11-17)18(3)13(2)10-15-5-4-8-19-15/h4-9,13H,10-11H2,1-3H3. The van der Waals surface area contributed by atoms with Crippen LogP contribution in [0.5, 0.6) is 0 Å². The van der Waals surface area contributed by atoms with Gasteiger partial charge in [-0.2, -0.15) is 0 Å². The second kappa shape index (κ2) is 6.58. The first-order chi connectivity index (χ1) is 9.11. The van der Waals surface area contributed by atoms with Gasteiger partial charge >= 0.3 is 0 Å². The summed E-state index contributed by atoms with van der Waals surface area (Å²) in [5.74, 6) is 0. The Hall–Kier alpha value is -0.800. The van der Waals surface area contributed by atoms with Crippen molar-refractivity contribution in [2.45, 2.75) is 31.6 Å². The molecule has 0 bridgehead atoms. The molecule has 102 valence electrons. The summed E-state index contributed by atoms with van der Waals surface area (Å²) in [4.78, 5) is 3.84. The fourth-order valence-corrected chi connectivity index (χ4v) is 3.54. The molecule has 0 aliphatic rings. The van der Waals surface area contributed by atoms with Gasteiger partial charge < -0.3 is 4.90 Å². The second-order valence-electron chi connectivity index (χ2n) is 5.01. The van der Waals surface area contributed by atoms with Crippen molar-refractivity contribution in [3.8, 4) is 0 Å². The number of halogens is 1. The van der Waals surface area contributed by atoms with E-state index in [-0.39, 0.29) is 0 Å². The topological polar surface area (TPSA) is 3.24 Å². The van der Waals surface area contributed by atoms with Crippen LogP contribution in [0, 0.1) is 6.92 Å². The van der Waals surface area contributed by atoms with E-state index in [9.17, 15) is 0 Å². The lowest BCUT2D eigenvalue weighted by Gasteiger charge is -2.29. The van der Waals surface area contributed by atoms with Gasteiger partial charge in [-0.1, -0.05) is 39.7 Å². The molecule has 1 aromatic heterocycles. The van der Waals surface area contributed by atoms with Gasteiger partial charge in [0.15, 0.2) is 0 Å². The largest absolute Gasteiger partial charge is 0.371 e. The average Bonchev–Trinajstić information content (AvgIpc) is 2.90. The van der Waals surface area contributed by atoms with E-state index in [2.05, 4.69) is 77.4 Å². The molecule has 1 aromatic carbocycles. The lowest BCUT2D eigenvalue weighted by molar-refractivity contribution is 0.686. The van der Waals surface area contributed by atoms with E-state index in [4.69, 9.17) is 0 Å². The van der Waals surface area contributed by atoms with Crippen LogP contribution in [-0.2, 0) is 11.8 Å². The normalized spacial score (nSPS) is 12.4. The van der Waals surface area contributed by atoms with Crippen LogP contribution in [0.3, 0.4) is 0 Å². The van der Waals surface area contributed by atoms with E-state index >= 15 is 0 Å². The summed E-state index contributed by atoms with van der Waals surface area (Å²) in [6, 6.07) is 11.5. The zero-order valence-corrected chi connectivity index (χ0v) is 14.1. The van der Waals surface area contributed by atoms with Crippen molar-refractivity contribution in [1.82, 2.24) is 0 Å². The zero-order valence-electron chi connectivity index (χ0n) is 11.7. The van der Waals surface area contributed by atoms with Crippen LogP contribution >= 0.6 is 27.3 Å². The molecule has 0 aliphatic heterocycles. The molecule has 0 N–H and O–H groups in total. The van der Waals surface area contributed by atoms with E-state index in [1.807, 2.05) is 11.3 Å². The van der Waals surface area contributed by atoms with E-state index in [0.29, 0.717) is 6.04 Å². The number of rotatable bonds is 5. The van der Waals surface area contributed by atoms with Crippen molar-refractivity contribution >= 4 is 33.0 Å². The van der Waals surface area contributed by atoms with Gasteiger partial charge in [-0.25, -0.2) is 0 Å². The molecule has 1 atom stereocenters. The Kier molecular flexibility index (Phi) is 5.06. The van der Waals surface area contributed by atoms with Crippen LogP contribution in [0.1, 0.15) is 22.9 Å². The molecule has 19 heavy (non-hydrogen) atoms. The van der Waals surface area contributed by atoms with Gasteiger partial charge in [0, 0.05) is 35.4 Å². The number of anilines is 1. The van der Waals surface area contributed by atoms with Gasteiger partial charge in [0.25, 0.3) is 0 Å². The number of benzene rings is 1. The number of nitrogens with zero attached hydrogens (tertiary/aromatic N) is 1. The van der Waals surface area contributed by atoms with Crippen molar-refractivity contribution in [3.05, 3.63) is 51.7 Å². The number of thiophene rings is 1. The molecule has 0 spiro atoms. The van der Waals surface area contributed by atoms with Crippen molar-refractivity contribution < 1.29 is 0 Å². The minimum atomic E-state index is 0.499.